The van der Waals surface area contributed by atoms with Gasteiger partial charge in [-0.15, -0.1) is 0 Å². The fourth-order valence-electron chi connectivity index (χ4n) is 3.18. The van der Waals surface area contributed by atoms with Crippen LogP contribution in [0, 0.1) is 6.92 Å². The maximum absolute atomic E-state index is 12.6. The third-order valence-corrected chi connectivity index (χ3v) is 6.83. The number of esters is 1. The van der Waals surface area contributed by atoms with Crippen LogP contribution in [0.3, 0.4) is 0 Å². The Kier molecular flexibility index (Phi) is 6.34. The number of benzene rings is 2. The highest BCUT2D eigenvalue weighted by Crippen LogP contribution is 2.23. The number of ether oxygens (including phenoxy) is 1. The minimum atomic E-state index is -3.57. The van der Waals surface area contributed by atoms with Crippen molar-refractivity contribution in [2.75, 3.05) is 19.7 Å². The normalized spacial score (nSPS) is 15.1. The molecule has 0 unspecified atom stereocenters. The van der Waals surface area contributed by atoms with Gasteiger partial charge < -0.3 is 9.84 Å². The molecule has 2 aromatic rings. The highest BCUT2D eigenvalue weighted by Gasteiger charge is 2.26. The van der Waals surface area contributed by atoms with Crippen molar-refractivity contribution in [1.82, 2.24) is 4.31 Å². The smallest absolute Gasteiger partial charge is 0.342 e. The van der Waals surface area contributed by atoms with Gasteiger partial charge in [0.2, 0.25) is 10.0 Å². The summed E-state index contributed by atoms with van der Waals surface area (Å²) in [5.74, 6) is -1.45. The Hall–Kier alpha value is -2.71. The summed E-state index contributed by atoms with van der Waals surface area (Å²) in [6.45, 7) is 2.15. The van der Waals surface area contributed by atoms with Gasteiger partial charge in [0.25, 0.3) is 0 Å². The van der Waals surface area contributed by atoms with E-state index in [2.05, 4.69) is 0 Å². The lowest BCUT2D eigenvalue weighted by Gasteiger charge is -2.25. The van der Waals surface area contributed by atoms with Crippen molar-refractivity contribution in [3.05, 3.63) is 59.2 Å². The average molecular weight is 417 g/mol. The minimum absolute atomic E-state index is 0.0132. The second-order valence-corrected chi connectivity index (χ2v) is 8.90. The molecule has 154 valence electrons. The molecule has 29 heavy (non-hydrogen) atoms. The van der Waals surface area contributed by atoms with Gasteiger partial charge in [0.15, 0.2) is 12.4 Å². The number of aromatic hydroxyl groups is 1. The molecule has 0 aliphatic carbocycles. The Morgan fingerprint density at radius 1 is 1.03 bits per heavy atom. The number of carbonyl (C=O) groups is 2. The van der Waals surface area contributed by atoms with E-state index in [9.17, 15) is 23.1 Å². The van der Waals surface area contributed by atoms with Crippen LogP contribution in [-0.4, -0.2) is 49.3 Å². The number of phenols is 1. The summed E-state index contributed by atoms with van der Waals surface area (Å²) >= 11 is 0. The van der Waals surface area contributed by atoms with Crippen molar-refractivity contribution in [3.8, 4) is 5.75 Å². The largest absolute Gasteiger partial charge is 0.507 e. The molecule has 1 N–H and O–H groups in total. The van der Waals surface area contributed by atoms with Gasteiger partial charge in [0.05, 0.1) is 4.90 Å². The van der Waals surface area contributed by atoms with Gasteiger partial charge in [-0.1, -0.05) is 18.6 Å². The quantitative estimate of drug-likeness (QED) is 0.573. The molecule has 1 aliphatic heterocycles. The van der Waals surface area contributed by atoms with Crippen molar-refractivity contribution in [3.63, 3.8) is 0 Å². The monoisotopic (exact) mass is 417 g/mol. The molecule has 8 heteroatoms. The SMILES string of the molecule is Cc1cccc(C(=O)OCC(=O)c2ccc(S(=O)(=O)N3CCCCC3)cc2)c1O. The van der Waals surface area contributed by atoms with Crippen LogP contribution in [0.4, 0.5) is 0 Å². The van der Waals surface area contributed by atoms with E-state index >= 15 is 0 Å². The van der Waals surface area contributed by atoms with Crippen LogP contribution in [0.1, 0.15) is 45.5 Å². The second kappa shape index (κ2) is 8.75. The minimum Gasteiger partial charge on any atom is -0.507 e. The molecule has 1 saturated heterocycles. The number of phenolic OH excluding ortho intramolecular Hbond substituents is 1. The van der Waals surface area contributed by atoms with Crippen LogP contribution in [0.2, 0.25) is 0 Å². The molecule has 0 aromatic heterocycles. The van der Waals surface area contributed by atoms with Gasteiger partial charge in [-0.25, -0.2) is 13.2 Å². The van der Waals surface area contributed by atoms with Crippen LogP contribution in [-0.2, 0) is 14.8 Å². The van der Waals surface area contributed by atoms with Crippen LogP contribution in [0.5, 0.6) is 5.75 Å². The number of rotatable bonds is 6. The van der Waals surface area contributed by atoms with E-state index in [4.69, 9.17) is 4.74 Å². The third kappa shape index (κ3) is 4.65. The topological polar surface area (TPSA) is 101 Å². The first-order valence-electron chi connectivity index (χ1n) is 9.40. The fraction of sp³-hybridized carbons (Fsp3) is 0.333. The summed E-state index contributed by atoms with van der Waals surface area (Å²) in [7, 11) is -3.57. The molecule has 1 aliphatic rings. The van der Waals surface area contributed by atoms with E-state index in [1.54, 1.807) is 19.1 Å². The summed E-state index contributed by atoms with van der Waals surface area (Å²) in [4.78, 5) is 24.5. The molecule has 0 atom stereocenters. The van der Waals surface area contributed by atoms with Crippen molar-refractivity contribution in [2.45, 2.75) is 31.1 Å². The van der Waals surface area contributed by atoms with Gasteiger partial charge in [-0.3, -0.25) is 4.79 Å². The Morgan fingerprint density at radius 2 is 1.69 bits per heavy atom. The number of ketones is 1. The second-order valence-electron chi connectivity index (χ2n) is 6.96. The molecular formula is C21H23NO6S. The summed E-state index contributed by atoms with van der Waals surface area (Å²) in [5, 5.41) is 9.92. The van der Waals surface area contributed by atoms with Crippen molar-refractivity contribution >= 4 is 21.8 Å². The van der Waals surface area contributed by atoms with Gasteiger partial charge >= 0.3 is 5.97 Å². The fourth-order valence-corrected chi connectivity index (χ4v) is 4.70. The molecule has 3 rings (SSSR count). The maximum atomic E-state index is 12.6. The number of sulfonamides is 1. The summed E-state index contributed by atoms with van der Waals surface area (Å²) in [5.41, 5.74) is 0.751. The Labute approximate surface area is 170 Å². The zero-order chi connectivity index (χ0) is 21.0. The molecular weight excluding hydrogens is 394 g/mol. The lowest BCUT2D eigenvalue weighted by atomic mass is 10.1. The number of piperidine rings is 1. The van der Waals surface area contributed by atoms with Gasteiger partial charge in [0, 0.05) is 18.7 Å². The van der Waals surface area contributed by atoms with E-state index in [1.165, 1.54) is 34.6 Å². The Morgan fingerprint density at radius 3 is 2.34 bits per heavy atom. The summed E-state index contributed by atoms with van der Waals surface area (Å²) < 4.78 is 31.8. The van der Waals surface area contributed by atoms with Crippen LogP contribution >= 0.6 is 0 Å². The number of aryl methyl sites for hydroxylation is 1. The van der Waals surface area contributed by atoms with Crippen LogP contribution in [0.15, 0.2) is 47.4 Å². The molecule has 1 fully saturated rings. The van der Waals surface area contributed by atoms with Crippen molar-refractivity contribution in [2.24, 2.45) is 0 Å². The molecule has 0 bridgehead atoms. The molecule has 1 heterocycles. The van der Waals surface area contributed by atoms with Gasteiger partial charge in [-0.2, -0.15) is 4.31 Å². The number of carbonyl (C=O) groups excluding carboxylic acids is 2. The molecule has 0 saturated carbocycles. The first-order valence-corrected chi connectivity index (χ1v) is 10.8. The number of nitrogens with zero attached hydrogens (tertiary/aromatic N) is 1. The highest BCUT2D eigenvalue weighted by atomic mass is 32.2. The predicted octanol–water partition coefficient (Wildman–Crippen LogP) is 2.91. The summed E-state index contributed by atoms with van der Waals surface area (Å²) in [6.07, 6.45) is 2.72. The first-order chi connectivity index (χ1) is 13.8. The zero-order valence-electron chi connectivity index (χ0n) is 16.1. The maximum Gasteiger partial charge on any atom is 0.342 e. The zero-order valence-corrected chi connectivity index (χ0v) is 16.9. The van der Waals surface area contributed by atoms with E-state index in [-0.39, 0.29) is 21.8 Å². The molecule has 0 amide bonds. The number of Topliss-reactive ketones (excluding diaryl/α,β-unsaturated/α-hetero) is 1. The molecule has 0 radical (unpaired) electrons. The standard InChI is InChI=1S/C21H23NO6S/c1-15-6-5-7-18(20(15)24)21(25)28-14-19(23)16-8-10-17(11-9-16)29(26,27)22-12-3-2-4-13-22/h5-11,24H,2-4,12-14H2,1H3. The van der Waals surface area contributed by atoms with Crippen LogP contribution < -0.4 is 0 Å². The van der Waals surface area contributed by atoms with E-state index in [0.29, 0.717) is 18.7 Å². The number of hydrogen-bond donors (Lipinski definition) is 1. The molecule has 0 spiro atoms. The number of hydrogen-bond acceptors (Lipinski definition) is 6. The van der Waals surface area contributed by atoms with E-state index < -0.39 is 28.4 Å². The summed E-state index contributed by atoms with van der Waals surface area (Å²) in [6, 6.07) is 10.3. The Bertz CT molecular complexity index is 1010. The van der Waals surface area contributed by atoms with Crippen molar-refractivity contribution < 1.29 is 27.9 Å². The third-order valence-electron chi connectivity index (χ3n) is 4.92. The van der Waals surface area contributed by atoms with Gasteiger partial charge in [-0.05, 0) is 55.7 Å². The average Bonchev–Trinajstić information content (AvgIpc) is 2.74. The molecule has 7 nitrogen and oxygen atoms in total. The van der Waals surface area contributed by atoms with Gasteiger partial charge in [0.1, 0.15) is 11.3 Å². The lowest BCUT2D eigenvalue weighted by molar-refractivity contribution is 0.0471. The Balaban J connectivity index is 1.64. The van der Waals surface area contributed by atoms with Crippen molar-refractivity contribution in [1.29, 1.82) is 0 Å². The highest BCUT2D eigenvalue weighted by molar-refractivity contribution is 7.89. The van der Waals surface area contributed by atoms with Crippen LogP contribution in [0.25, 0.3) is 0 Å². The predicted molar refractivity (Wildman–Crippen MR) is 107 cm³/mol. The van der Waals surface area contributed by atoms with E-state index in [1.807, 2.05) is 0 Å². The molecule has 2 aromatic carbocycles. The lowest BCUT2D eigenvalue weighted by Crippen LogP contribution is -2.35. The first kappa shape index (κ1) is 21.0. The van der Waals surface area contributed by atoms with E-state index in [0.717, 1.165) is 19.3 Å². The number of para-hydroxylation sites is 1.